The molecular formula is C21H25N3O4S. The molecule has 0 fully saturated rings. The van der Waals surface area contributed by atoms with E-state index >= 15 is 0 Å². The second-order valence-electron chi connectivity index (χ2n) is 7.28. The fourth-order valence-corrected chi connectivity index (χ4v) is 3.92. The molecule has 1 amide bonds. The fourth-order valence-electron chi connectivity index (χ4n) is 3.08. The first-order valence-corrected chi connectivity index (χ1v) is 10.4. The van der Waals surface area contributed by atoms with Gasteiger partial charge in [-0.05, 0) is 41.5 Å². The number of ether oxygens (including phenoxy) is 1. The molecule has 0 aliphatic carbocycles. The van der Waals surface area contributed by atoms with Crippen LogP contribution in [-0.4, -0.2) is 28.7 Å². The number of rotatable bonds is 8. The van der Waals surface area contributed by atoms with E-state index in [9.17, 15) is 14.4 Å². The highest BCUT2D eigenvalue weighted by Crippen LogP contribution is 2.16. The maximum Gasteiger partial charge on any atom is 0.332 e. The smallest absolute Gasteiger partial charge is 0.332 e. The second kappa shape index (κ2) is 9.09. The van der Waals surface area contributed by atoms with Gasteiger partial charge in [0, 0.05) is 6.54 Å². The summed E-state index contributed by atoms with van der Waals surface area (Å²) in [6.07, 6.45) is 0.865. The van der Waals surface area contributed by atoms with Gasteiger partial charge in [-0.3, -0.25) is 18.7 Å². The van der Waals surface area contributed by atoms with Gasteiger partial charge in [-0.15, -0.1) is 11.3 Å². The van der Waals surface area contributed by atoms with E-state index in [4.69, 9.17) is 4.74 Å². The summed E-state index contributed by atoms with van der Waals surface area (Å²) in [7, 11) is 1.56. The van der Waals surface area contributed by atoms with Crippen LogP contribution in [0.5, 0.6) is 5.75 Å². The number of carbonyl (C=O) groups is 1. The number of benzene rings is 1. The van der Waals surface area contributed by atoms with Gasteiger partial charge in [-0.25, -0.2) is 4.79 Å². The highest BCUT2D eigenvalue weighted by atomic mass is 32.1. The summed E-state index contributed by atoms with van der Waals surface area (Å²) >= 11 is 1.27. The SMILES string of the molecule is COc1cccc(Cn2c(=O)c3sccc3n(CC(=O)NCCC(C)C)c2=O)c1. The number of aromatic nitrogens is 2. The minimum absolute atomic E-state index is 0.109. The van der Waals surface area contributed by atoms with E-state index < -0.39 is 5.69 Å². The van der Waals surface area contributed by atoms with Crippen molar-refractivity contribution in [1.82, 2.24) is 14.5 Å². The number of hydrogen-bond donors (Lipinski definition) is 1. The summed E-state index contributed by atoms with van der Waals surface area (Å²) < 4.78 is 8.23. The van der Waals surface area contributed by atoms with Gasteiger partial charge in [0.1, 0.15) is 17.0 Å². The third kappa shape index (κ3) is 4.76. The largest absolute Gasteiger partial charge is 0.497 e. The molecule has 3 rings (SSSR count). The predicted molar refractivity (Wildman–Crippen MR) is 115 cm³/mol. The van der Waals surface area contributed by atoms with E-state index in [2.05, 4.69) is 19.2 Å². The van der Waals surface area contributed by atoms with Crippen LogP contribution in [0.25, 0.3) is 10.2 Å². The summed E-state index contributed by atoms with van der Waals surface area (Å²) in [6, 6.07) is 8.93. The van der Waals surface area contributed by atoms with Crippen molar-refractivity contribution in [3.63, 3.8) is 0 Å². The molecule has 0 aliphatic rings. The highest BCUT2D eigenvalue weighted by molar-refractivity contribution is 7.17. The lowest BCUT2D eigenvalue weighted by atomic mass is 10.1. The Labute approximate surface area is 172 Å². The van der Waals surface area contributed by atoms with Gasteiger partial charge in [-0.2, -0.15) is 0 Å². The molecular weight excluding hydrogens is 390 g/mol. The average molecular weight is 416 g/mol. The van der Waals surface area contributed by atoms with Crippen LogP contribution in [0.15, 0.2) is 45.3 Å². The van der Waals surface area contributed by atoms with E-state index in [-0.39, 0.29) is 24.6 Å². The topological polar surface area (TPSA) is 82.3 Å². The third-order valence-corrected chi connectivity index (χ3v) is 5.55. The summed E-state index contributed by atoms with van der Waals surface area (Å²) in [5, 5.41) is 4.60. The predicted octanol–water partition coefficient (Wildman–Crippen LogP) is 2.44. The molecule has 0 spiro atoms. The number of nitrogens with zero attached hydrogens (tertiary/aromatic N) is 2. The van der Waals surface area contributed by atoms with E-state index in [1.165, 1.54) is 20.5 Å². The van der Waals surface area contributed by atoms with Gasteiger partial charge in [0.25, 0.3) is 5.56 Å². The Morgan fingerprint density at radius 3 is 2.72 bits per heavy atom. The molecule has 0 aliphatic heterocycles. The maximum atomic E-state index is 13.1. The van der Waals surface area contributed by atoms with Crippen molar-refractivity contribution >= 4 is 27.5 Å². The number of fused-ring (bicyclic) bond motifs is 1. The molecule has 2 heterocycles. The van der Waals surface area contributed by atoms with Crippen molar-refractivity contribution in [3.05, 3.63) is 62.1 Å². The van der Waals surface area contributed by atoms with Crippen LogP contribution in [0, 0.1) is 5.92 Å². The molecule has 0 radical (unpaired) electrons. The van der Waals surface area contributed by atoms with Crippen molar-refractivity contribution in [3.8, 4) is 5.75 Å². The van der Waals surface area contributed by atoms with E-state index in [1.807, 2.05) is 12.1 Å². The number of thiophene rings is 1. The minimum atomic E-state index is -0.497. The van der Waals surface area contributed by atoms with Gasteiger partial charge in [0.05, 0.1) is 19.2 Å². The molecule has 1 aromatic carbocycles. The van der Waals surface area contributed by atoms with E-state index in [0.29, 0.717) is 28.4 Å². The molecule has 2 aromatic heterocycles. The first-order chi connectivity index (χ1) is 13.9. The number of hydrogen-bond acceptors (Lipinski definition) is 5. The van der Waals surface area contributed by atoms with Crippen molar-refractivity contribution in [2.24, 2.45) is 5.92 Å². The van der Waals surface area contributed by atoms with Crippen LogP contribution >= 0.6 is 11.3 Å². The maximum absolute atomic E-state index is 13.1. The lowest BCUT2D eigenvalue weighted by Gasteiger charge is -2.13. The average Bonchev–Trinajstić information content (AvgIpc) is 3.18. The number of amides is 1. The highest BCUT2D eigenvalue weighted by Gasteiger charge is 2.16. The van der Waals surface area contributed by atoms with Crippen LogP contribution in [0.2, 0.25) is 0 Å². The zero-order chi connectivity index (χ0) is 21.0. The number of nitrogens with one attached hydrogen (secondary N) is 1. The molecule has 0 unspecified atom stereocenters. The molecule has 29 heavy (non-hydrogen) atoms. The fraction of sp³-hybridized carbons (Fsp3) is 0.381. The standard InChI is InChI=1S/C21H25N3O4S/c1-14(2)7-9-22-18(25)13-23-17-8-10-29-19(17)20(26)24(21(23)27)12-15-5-4-6-16(11-15)28-3/h4-6,8,10-11,14H,7,9,12-13H2,1-3H3,(H,22,25). The Morgan fingerprint density at radius 2 is 2.00 bits per heavy atom. The zero-order valence-corrected chi connectivity index (χ0v) is 17.6. The van der Waals surface area contributed by atoms with Gasteiger partial charge in [0.2, 0.25) is 5.91 Å². The van der Waals surface area contributed by atoms with Gasteiger partial charge < -0.3 is 10.1 Å². The molecule has 8 heteroatoms. The van der Waals surface area contributed by atoms with Crippen LogP contribution in [0.4, 0.5) is 0 Å². The lowest BCUT2D eigenvalue weighted by molar-refractivity contribution is -0.121. The Hall–Kier alpha value is -2.87. The Kier molecular flexibility index (Phi) is 6.53. The van der Waals surface area contributed by atoms with Crippen LogP contribution in [-0.2, 0) is 17.9 Å². The number of carbonyl (C=O) groups excluding carboxylic acids is 1. The zero-order valence-electron chi connectivity index (χ0n) is 16.8. The molecule has 3 aromatic rings. The molecule has 0 bridgehead atoms. The molecule has 7 nitrogen and oxygen atoms in total. The summed E-state index contributed by atoms with van der Waals surface area (Å²) in [4.78, 5) is 38.4. The molecule has 154 valence electrons. The van der Waals surface area contributed by atoms with E-state index in [1.54, 1.807) is 30.7 Å². The van der Waals surface area contributed by atoms with Crippen LogP contribution in [0.1, 0.15) is 25.8 Å². The molecule has 0 saturated carbocycles. The number of methoxy groups -OCH3 is 1. The van der Waals surface area contributed by atoms with Crippen molar-refractivity contribution < 1.29 is 9.53 Å². The molecule has 0 saturated heterocycles. The second-order valence-corrected chi connectivity index (χ2v) is 8.20. The normalized spacial score (nSPS) is 11.2. The summed E-state index contributed by atoms with van der Waals surface area (Å²) in [5.41, 5.74) is 0.417. The quantitative estimate of drug-likeness (QED) is 0.613. The first kappa shape index (κ1) is 20.9. The lowest BCUT2D eigenvalue weighted by Crippen LogP contribution is -2.42. The van der Waals surface area contributed by atoms with E-state index in [0.717, 1.165) is 12.0 Å². The molecule has 1 N–H and O–H groups in total. The Balaban J connectivity index is 1.96. The minimum Gasteiger partial charge on any atom is -0.497 e. The third-order valence-electron chi connectivity index (χ3n) is 4.66. The van der Waals surface area contributed by atoms with Crippen LogP contribution < -0.4 is 21.3 Å². The Morgan fingerprint density at radius 1 is 1.21 bits per heavy atom. The first-order valence-electron chi connectivity index (χ1n) is 9.51. The van der Waals surface area contributed by atoms with Crippen LogP contribution in [0.3, 0.4) is 0 Å². The van der Waals surface area contributed by atoms with Gasteiger partial charge in [0.15, 0.2) is 0 Å². The van der Waals surface area contributed by atoms with Crippen molar-refractivity contribution in [2.75, 3.05) is 13.7 Å². The monoisotopic (exact) mass is 415 g/mol. The summed E-state index contributed by atoms with van der Waals surface area (Å²) in [5.74, 6) is 0.885. The van der Waals surface area contributed by atoms with Gasteiger partial charge >= 0.3 is 5.69 Å². The van der Waals surface area contributed by atoms with Crippen molar-refractivity contribution in [1.29, 1.82) is 0 Å². The summed E-state index contributed by atoms with van der Waals surface area (Å²) in [6.45, 7) is 4.71. The molecule has 0 atom stereocenters. The Bertz CT molecular complexity index is 1130. The van der Waals surface area contributed by atoms with Gasteiger partial charge in [-0.1, -0.05) is 26.0 Å². The van der Waals surface area contributed by atoms with Crippen molar-refractivity contribution in [2.45, 2.75) is 33.4 Å².